The molecule has 0 bridgehead atoms. The van der Waals surface area contributed by atoms with Crippen LogP contribution in [0, 0.1) is 27.7 Å². The lowest BCUT2D eigenvalue weighted by Crippen LogP contribution is -2.00. The van der Waals surface area contributed by atoms with E-state index in [9.17, 15) is 5.11 Å². The van der Waals surface area contributed by atoms with E-state index >= 15 is 0 Å². The maximum Gasteiger partial charge on any atom is 0.121 e. The fourth-order valence-corrected chi connectivity index (χ4v) is 1.59. The number of hydrazone groups is 1. The van der Waals surface area contributed by atoms with Crippen LogP contribution in [0.2, 0.25) is 0 Å². The Morgan fingerprint density at radius 1 is 1.00 bits per heavy atom. The number of aromatic hydroxyl groups is 1. The average molecular weight is 192 g/mol. The number of hydrogen-bond donors (Lipinski definition) is 2. The summed E-state index contributed by atoms with van der Waals surface area (Å²) in [7, 11) is 0. The number of phenolic OH excluding ortho intramolecular Hbond substituents is 1. The van der Waals surface area contributed by atoms with Crippen LogP contribution in [0.1, 0.15) is 27.8 Å². The fourth-order valence-electron chi connectivity index (χ4n) is 1.59. The lowest BCUT2D eigenvalue weighted by Gasteiger charge is -2.14. The summed E-state index contributed by atoms with van der Waals surface area (Å²) in [4.78, 5) is 0. The van der Waals surface area contributed by atoms with Crippen LogP contribution in [0.4, 0.5) is 0 Å². The van der Waals surface area contributed by atoms with E-state index < -0.39 is 0 Å². The second-order valence-electron chi connectivity index (χ2n) is 3.54. The molecule has 0 heterocycles. The molecule has 0 fully saturated rings. The Bertz CT molecular complexity index is 366. The van der Waals surface area contributed by atoms with E-state index in [2.05, 4.69) is 5.10 Å². The molecule has 0 atom stereocenters. The molecule has 76 valence electrons. The molecule has 0 aliphatic carbocycles. The predicted molar refractivity (Wildman–Crippen MR) is 58.8 cm³/mol. The summed E-state index contributed by atoms with van der Waals surface area (Å²) in [5, 5.41) is 13.3. The molecule has 1 rings (SSSR count). The summed E-state index contributed by atoms with van der Waals surface area (Å²) in [6.45, 7) is 7.70. The Kier molecular flexibility index (Phi) is 2.79. The lowest BCUT2D eigenvalue weighted by molar-refractivity contribution is 0.465. The highest BCUT2D eigenvalue weighted by molar-refractivity contribution is 5.85. The predicted octanol–water partition coefficient (Wildman–Crippen LogP) is 1.92. The second-order valence-corrected chi connectivity index (χ2v) is 3.54. The van der Waals surface area contributed by atoms with Crippen LogP contribution in [0.25, 0.3) is 0 Å². The molecule has 0 radical (unpaired) electrons. The molecular weight excluding hydrogens is 176 g/mol. The minimum absolute atomic E-state index is 0.370. The summed E-state index contributed by atoms with van der Waals surface area (Å²) in [5.74, 6) is 5.51. The standard InChI is InChI=1S/C11H16N2O/c1-6-8(3)11(14)9(4)7(2)10(6)5-13-12/h5,14H,12H2,1-4H3/b13-5+. The van der Waals surface area contributed by atoms with E-state index in [0.717, 1.165) is 27.8 Å². The highest BCUT2D eigenvalue weighted by Gasteiger charge is 2.12. The van der Waals surface area contributed by atoms with Crippen molar-refractivity contribution < 1.29 is 5.11 Å². The van der Waals surface area contributed by atoms with Gasteiger partial charge in [-0.2, -0.15) is 5.10 Å². The van der Waals surface area contributed by atoms with Crippen molar-refractivity contribution in [3.8, 4) is 5.75 Å². The molecule has 0 saturated carbocycles. The van der Waals surface area contributed by atoms with Gasteiger partial charge in [0.05, 0.1) is 6.21 Å². The van der Waals surface area contributed by atoms with Crippen molar-refractivity contribution in [2.45, 2.75) is 27.7 Å². The molecule has 0 spiro atoms. The third-order valence-corrected chi connectivity index (χ3v) is 2.85. The SMILES string of the molecule is Cc1c(C)c(/C=N/N)c(C)c(C)c1O. The van der Waals surface area contributed by atoms with Crippen LogP contribution in [0.5, 0.6) is 5.75 Å². The van der Waals surface area contributed by atoms with Crippen molar-refractivity contribution in [2.75, 3.05) is 0 Å². The Morgan fingerprint density at radius 3 is 1.79 bits per heavy atom. The summed E-state index contributed by atoms with van der Waals surface area (Å²) < 4.78 is 0. The van der Waals surface area contributed by atoms with Crippen LogP contribution in [0.15, 0.2) is 5.10 Å². The van der Waals surface area contributed by atoms with Gasteiger partial charge in [-0.3, -0.25) is 0 Å². The number of phenols is 1. The molecule has 0 aliphatic rings. The minimum atomic E-state index is 0.370. The first kappa shape index (κ1) is 10.6. The molecule has 3 N–H and O–H groups in total. The van der Waals surface area contributed by atoms with E-state index in [4.69, 9.17) is 5.84 Å². The lowest BCUT2D eigenvalue weighted by atomic mass is 9.94. The van der Waals surface area contributed by atoms with Gasteiger partial charge < -0.3 is 10.9 Å². The van der Waals surface area contributed by atoms with Crippen molar-refractivity contribution in [1.29, 1.82) is 0 Å². The van der Waals surface area contributed by atoms with Gasteiger partial charge in [0.2, 0.25) is 0 Å². The number of nitrogens with two attached hydrogens (primary N) is 1. The molecule has 1 aromatic rings. The second kappa shape index (κ2) is 3.70. The van der Waals surface area contributed by atoms with Crippen molar-refractivity contribution in [3.05, 3.63) is 27.8 Å². The summed E-state index contributed by atoms with van der Waals surface area (Å²) in [6.07, 6.45) is 1.63. The average Bonchev–Trinajstić information content (AvgIpc) is 2.19. The first-order valence-corrected chi connectivity index (χ1v) is 4.53. The van der Waals surface area contributed by atoms with Gasteiger partial charge in [0.25, 0.3) is 0 Å². The summed E-state index contributed by atoms with van der Waals surface area (Å²) in [6, 6.07) is 0. The van der Waals surface area contributed by atoms with Crippen LogP contribution >= 0.6 is 0 Å². The quantitative estimate of drug-likeness (QED) is 0.405. The number of nitrogens with zero attached hydrogens (tertiary/aromatic N) is 1. The largest absolute Gasteiger partial charge is 0.507 e. The Hall–Kier alpha value is -1.51. The van der Waals surface area contributed by atoms with Crippen LogP contribution in [-0.2, 0) is 0 Å². The molecule has 0 aromatic heterocycles. The molecule has 0 amide bonds. The minimum Gasteiger partial charge on any atom is -0.507 e. The molecule has 0 saturated heterocycles. The Morgan fingerprint density at radius 2 is 1.43 bits per heavy atom. The molecule has 0 unspecified atom stereocenters. The topological polar surface area (TPSA) is 58.6 Å². The smallest absolute Gasteiger partial charge is 0.121 e. The first-order chi connectivity index (χ1) is 6.50. The van der Waals surface area contributed by atoms with Crippen molar-refractivity contribution in [3.63, 3.8) is 0 Å². The Balaban J connectivity index is 3.59. The van der Waals surface area contributed by atoms with E-state index in [1.807, 2.05) is 27.7 Å². The van der Waals surface area contributed by atoms with Crippen LogP contribution in [0.3, 0.4) is 0 Å². The van der Waals surface area contributed by atoms with E-state index in [-0.39, 0.29) is 0 Å². The molecular formula is C11H16N2O. The van der Waals surface area contributed by atoms with Gasteiger partial charge in [0.15, 0.2) is 0 Å². The normalized spacial score (nSPS) is 11.1. The molecule has 1 aromatic carbocycles. The van der Waals surface area contributed by atoms with E-state index in [0.29, 0.717) is 5.75 Å². The highest BCUT2D eigenvalue weighted by Crippen LogP contribution is 2.30. The van der Waals surface area contributed by atoms with Gasteiger partial charge in [0, 0.05) is 5.56 Å². The van der Waals surface area contributed by atoms with E-state index in [1.165, 1.54) is 0 Å². The van der Waals surface area contributed by atoms with Gasteiger partial charge in [-0.25, -0.2) is 0 Å². The maximum absolute atomic E-state index is 9.78. The zero-order chi connectivity index (χ0) is 10.9. The zero-order valence-corrected chi connectivity index (χ0v) is 9.05. The summed E-state index contributed by atoms with van der Waals surface area (Å²) >= 11 is 0. The first-order valence-electron chi connectivity index (χ1n) is 4.53. The molecule has 0 aliphatic heterocycles. The van der Waals surface area contributed by atoms with Gasteiger partial charge >= 0.3 is 0 Å². The monoisotopic (exact) mass is 192 g/mol. The number of benzene rings is 1. The van der Waals surface area contributed by atoms with Crippen LogP contribution in [-0.4, -0.2) is 11.3 Å². The van der Waals surface area contributed by atoms with Gasteiger partial charge in [-0.1, -0.05) is 0 Å². The molecule has 3 nitrogen and oxygen atoms in total. The Labute approximate surface area is 84.3 Å². The third-order valence-electron chi connectivity index (χ3n) is 2.85. The fraction of sp³-hybridized carbons (Fsp3) is 0.364. The zero-order valence-electron chi connectivity index (χ0n) is 9.05. The van der Waals surface area contributed by atoms with Gasteiger partial charge in [-0.05, 0) is 49.9 Å². The third kappa shape index (κ3) is 1.45. The van der Waals surface area contributed by atoms with Crippen molar-refractivity contribution in [2.24, 2.45) is 10.9 Å². The van der Waals surface area contributed by atoms with Gasteiger partial charge in [0.1, 0.15) is 5.75 Å². The maximum atomic E-state index is 9.78. The number of hydrogen-bond acceptors (Lipinski definition) is 3. The van der Waals surface area contributed by atoms with E-state index in [1.54, 1.807) is 6.21 Å². The van der Waals surface area contributed by atoms with Crippen LogP contribution < -0.4 is 5.84 Å². The van der Waals surface area contributed by atoms with Gasteiger partial charge in [-0.15, -0.1) is 0 Å². The molecule has 3 heteroatoms. The summed E-state index contributed by atoms with van der Waals surface area (Å²) in [5.41, 5.74) is 4.84. The highest BCUT2D eigenvalue weighted by atomic mass is 16.3. The molecule has 14 heavy (non-hydrogen) atoms. The van der Waals surface area contributed by atoms with Crippen molar-refractivity contribution >= 4 is 6.21 Å². The van der Waals surface area contributed by atoms with Crippen molar-refractivity contribution in [1.82, 2.24) is 0 Å². The number of rotatable bonds is 1.